The predicted molar refractivity (Wildman–Crippen MR) is 132 cm³/mol. The number of aromatic nitrogens is 4. The molecule has 4 rings (SSSR count). The number of ketones is 1. The van der Waals surface area contributed by atoms with Crippen LogP contribution in [-0.2, 0) is 24.8 Å². The van der Waals surface area contributed by atoms with Crippen molar-refractivity contribution in [2.45, 2.75) is 38.9 Å². The molecule has 2 aromatic carbocycles. The molecule has 8 heteroatoms. The van der Waals surface area contributed by atoms with Gasteiger partial charge in [-0.1, -0.05) is 36.0 Å². The van der Waals surface area contributed by atoms with Crippen molar-refractivity contribution < 1.29 is 9.59 Å². The molecule has 0 spiro atoms. The minimum Gasteiger partial charge on any atom is -0.350 e. The maximum absolute atomic E-state index is 12.9. The summed E-state index contributed by atoms with van der Waals surface area (Å²) in [5.74, 6) is 0.722. The van der Waals surface area contributed by atoms with E-state index in [2.05, 4.69) is 15.5 Å². The van der Waals surface area contributed by atoms with Crippen molar-refractivity contribution in [1.29, 1.82) is 0 Å². The summed E-state index contributed by atoms with van der Waals surface area (Å²) in [5, 5.41) is 13.0. The number of amides is 1. The van der Waals surface area contributed by atoms with Crippen molar-refractivity contribution in [3.05, 3.63) is 71.2 Å². The Morgan fingerprint density at radius 2 is 1.85 bits per heavy atom. The largest absolute Gasteiger partial charge is 0.350 e. The lowest BCUT2D eigenvalue weighted by atomic mass is 10.1. The molecular formula is C25H27N5O2S. The summed E-state index contributed by atoms with van der Waals surface area (Å²) >= 11 is 1.35. The van der Waals surface area contributed by atoms with Gasteiger partial charge in [-0.25, -0.2) is 0 Å². The standard InChI is InChI=1S/C25H27N5O2S/c1-5-30-23(13-24(32)26-18-11-10-16(2)17(3)12-18)27-28-25(30)33-15-22(31)20-14-29(4)21-9-7-6-8-19(20)21/h6-12,14H,5,13,15H2,1-4H3,(H,26,32). The summed E-state index contributed by atoms with van der Waals surface area (Å²) in [5.41, 5.74) is 4.80. The Kier molecular flexibility index (Phi) is 6.65. The van der Waals surface area contributed by atoms with Crippen LogP contribution in [0.25, 0.3) is 10.9 Å². The molecule has 0 aliphatic heterocycles. The molecule has 1 amide bonds. The van der Waals surface area contributed by atoms with E-state index in [1.165, 1.54) is 17.3 Å². The van der Waals surface area contributed by atoms with Crippen LogP contribution in [0.4, 0.5) is 5.69 Å². The average molecular weight is 462 g/mol. The van der Waals surface area contributed by atoms with Crippen molar-refractivity contribution >= 4 is 40.0 Å². The van der Waals surface area contributed by atoms with Gasteiger partial charge >= 0.3 is 0 Å². The highest BCUT2D eigenvalue weighted by molar-refractivity contribution is 7.99. The number of rotatable bonds is 8. The van der Waals surface area contributed by atoms with Crippen molar-refractivity contribution in [3.63, 3.8) is 0 Å². The van der Waals surface area contributed by atoms with Gasteiger partial charge in [0.25, 0.3) is 0 Å². The monoisotopic (exact) mass is 461 g/mol. The fourth-order valence-corrected chi connectivity index (χ4v) is 4.72. The van der Waals surface area contributed by atoms with Crippen LogP contribution in [0.1, 0.15) is 34.2 Å². The summed E-state index contributed by atoms with van der Waals surface area (Å²) in [7, 11) is 1.94. The van der Waals surface area contributed by atoms with Crippen molar-refractivity contribution in [2.24, 2.45) is 7.05 Å². The number of thioether (sulfide) groups is 1. The van der Waals surface area contributed by atoms with Gasteiger partial charge in [0.1, 0.15) is 5.82 Å². The normalized spacial score (nSPS) is 11.2. The Bertz CT molecular complexity index is 1340. The quantitative estimate of drug-likeness (QED) is 0.307. The van der Waals surface area contributed by atoms with Crippen LogP contribution in [0, 0.1) is 13.8 Å². The zero-order valence-electron chi connectivity index (χ0n) is 19.3. The maximum Gasteiger partial charge on any atom is 0.232 e. The first-order valence-corrected chi connectivity index (χ1v) is 11.8. The lowest BCUT2D eigenvalue weighted by Gasteiger charge is -2.09. The Labute approximate surface area is 197 Å². The number of carbonyl (C=O) groups is 2. The van der Waals surface area contributed by atoms with Crippen LogP contribution in [0.2, 0.25) is 0 Å². The number of Topliss-reactive ketones (excluding diaryl/α,β-unsaturated/α-hetero) is 1. The van der Waals surface area contributed by atoms with Crippen LogP contribution in [0.15, 0.2) is 53.8 Å². The number of hydrogen-bond donors (Lipinski definition) is 1. The first kappa shape index (κ1) is 22.8. The fourth-order valence-electron chi connectivity index (χ4n) is 3.81. The fraction of sp³-hybridized carbons (Fsp3) is 0.280. The predicted octanol–water partition coefficient (Wildman–Crippen LogP) is 4.56. The molecule has 0 fully saturated rings. The molecule has 0 unspecified atom stereocenters. The molecule has 0 saturated heterocycles. The molecule has 2 heterocycles. The highest BCUT2D eigenvalue weighted by Crippen LogP contribution is 2.24. The topological polar surface area (TPSA) is 81.8 Å². The van der Waals surface area contributed by atoms with E-state index in [1.54, 1.807) is 0 Å². The summed E-state index contributed by atoms with van der Waals surface area (Å²) in [6.45, 7) is 6.64. The summed E-state index contributed by atoms with van der Waals surface area (Å²) in [6, 6.07) is 13.7. The van der Waals surface area contributed by atoms with Gasteiger partial charge in [-0.05, 0) is 50.1 Å². The van der Waals surface area contributed by atoms with Crippen LogP contribution in [0.3, 0.4) is 0 Å². The second-order valence-electron chi connectivity index (χ2n) is 8.05. The van der Waals surface area contributed by atoms with E-state index in [-0.39, 0.29) is 23.9 Å². The van der Waals surface area contributed by atoms with Gasteiger partial charge in [0.15, 0.2) is 10.9 Å². The Morgan fingerprint density at radius 3 is 2.61 bits per heavy atom. The Hall–Kier alpha value is -3.39. The Morgan fingerprint density at radius 1 is 1.06 bits per heavy atom. The molecule has 0 atom stereocenters. The molecule has 4 aromatic rings. The minimum atomic E-state index is -0.149. The number of anilines is 1. The van der Waals surface area contributed by atoms with E-state index in [0.29, 0.717) is 23.1 Å². The summed E-state index contributed by atoms with van der Waals surface area (Å²) < 4.78 is 3.86. The average Bonchev–Trinajstić information content (AvgIpc) is 3.35. The molecule has 0 aliphatic rings. The number of fused-ring (bicyclic) bond motifs is 1. The highest BCUT2D eigenvalue weighted by atomic mass is 32.2. The van der Waals surface area contributed by atoms with E-state index in [0.717, 1.165) is 22.2 Å². The molecule has 33 heavy (non-hydrogen) atoms. The summed E-state index contributed by atoms with van der Waals surface area (Å²) in [6.07, 6.45) is 1.99. The van der Waals surface area contributed by atoms with Gasteiger partial charge in [0.2, 0.25) is 5.91 Å². The van der Waals surface area contributed by atoms with Crippen LogP contribution < -0.4 is 5.32 Å². The molecule has 1 N–H and O–H groups in total. The van der Waals surface area contributed by atoms with E-state index in [9.17, 15) is 9.59 Å². The van der Waals surface area contributed by atoms with Crippen molar-refractivity contribution in [1.82, 2.24) is 19.3 Å². The molecule has 0 saturated carbocycles. The second-order valence-corrected chi connectivity index (χ2v) is 8.99. The van der Waals surface area contributed by atoms with Crippen LogP contribution >= 0.6 is 11.8 Å². The first-order chi connectivity index (χ1) is 15.9. The van der Waals surface area contributed by atoms with E-state index in [1.807, 2.05) is 85.6 Å². The van der Waals surface area contributed by atoms with Gasteiger partial charge in [-0.3, -0.25) is 9.59 Å². The van der Waals surface area contributed by atoms with Crippen LogP contribution in [-0.4, -0.2) is 36.8 Å². The molecule has 7 nitrogen and oxygen atoms in total. The van der Waals surface area contributed by atoms with Gasteiger partial charge in [-0.15, -0.1) is 10.2 Å². The van der Waals surface area contributed by atoms with Gasteiger partial charge in [0, 0.05) is 41.9 Å². The van der Waals surface area contributed by atoms with Crippen molar-refractivity contribution in [3.8, 4) is 0 Å². The Balaban J connectivity index is 1.43. The first-order valence-electron chi connectivity index (χ1n) is 10.9. The molecule has 0 bridgehead atoms. The summed E-state index contributed by atoms with van der Waals surface area (Å²) in [4.78, 5) is 25.5. The third-order valence-electron chi connectivity index (χ3n) is 5.75. The number of carbonyl (C=O) groups excluding carboxylic acids is 2. The third-order valence-corrected chi connectivity index (χ3v) is 6.72. The number of hydrogen-bond acceptors (Lipinski definition) is 5. The van der Waals surface area contributed by atoms with Gasteiger partial charge < -0.3 is 14.5 Å². The molecule has 2 aromatic heterocycles. The maximum atomic E-state index is 12.9. The van der Waals surface area contributed by atoms with E-state index < -0.39 is 0 Å². The zero-order chi connectivity index (χ0) is 23.5. The molecule has 0 aliphatic carbocycles. The van der Waals surface area contributed by atoms with E-state index >= 15 is 0 Å². The molecule has 170 valence electrons. The number of nitrogens with zero attached hydrogens (tertiary/aromatic N) is 4. The second kappa shape index (κ2) is 9.62. The third kappa shape index (κ3) is 4.85. The van der Waals surface area contributed by atoms with Gasteiger partial charge in [0.05, 0.1) is 12.2 Å². The van der Waals surface area contributed by atoms with Gasteiger partial charge in [-0.2, -0.15) is 0 Å². The molecule has 0 radical (unpaired) electrons. The lowest BCUT2D eigenvalue weighted by Crippen LogP contribution is -2.18. The minimum absolute atomic E-state index is 0.0384. The lowest BCUT2D eigenvalue weighted by molar-refractivity contribution is -0.115. The number of aryl methyl sites for hydroxylation is 3. The van der Waals surface area contributed by atoms with E-state index in [4.69, 9.17) is 0 Å². The molecular weight excluding hydrogens is 434 g/mol. The van der Waals surface area contributed by atoms with Crippen LogP contribution in [0.5, 0.6) is 0 Å². The number of benzene rings is 2. The van der Waals surface area contributed by atoms with Crippen molar-refractivity contribution in [2.75, 3.05) is 11.1 Å². The highest BCUT2D eigenvalue weighted by Gasteiger charge is 2.18. The SMILES string of the molecule is CCn1c(CC(=O)Nc2ccc(C)c(C)c2)nnc1SCC(=O)c1cn(C)c2ccccc12. The number of para-hydroxylation sites is 1. The smallest absolute Gasteiger partial charge is 0.232 e. The number of nitrogens with one attached hydrogen (secondary N) is 1. The zero-order valence-corrected chi connectivity index (χ0v) is 20.1.